The zero-order valence-corrected chi connectivity index (χ0v) is 14.2. The van der Waals surface area contributed by atoms with Gasteiger partial charge >= 0.3 is 0 Å². The highest BCUT2D eigenvalue weighted by Gasteiger charge is 2.20. The van der Waals surface area contributed by atoms with Crippen LogP contribution in [-0.2, 0) is 10.0 Å². The first-order valence-electron chi connectivity index (χ1n) is 6.13. The summed E-state index contributed by atoms with van der Waals surface area (Å²) in [6, 6.07) is 6.70. The highest BCUT2D eigenvalue weighted by Crippen LogP contribution is 2.27. The van der Waals surface area contributed by atoms with Crippen molar-refractivity contribution in [2.24, 2.45) is 0 Å². The van der Waals surface area contributed by atoms with Crippen molar-refractivity contribution in [2.75, 3.05) is 11.8 Å². The zero-order valence-electron chi connectivity index (χ0n) is 11.8. The summed E-state index contributed by atoms with van der Waals surface area (Å²) in [6.07, 6.45) is 1.46. The molecule has 0 aliphatic heterocycles. The predicted molar refractivity (Wildman–Crippen MR) is 85.2 cm³/mol. The van der Waals surface area contributed by atoms with Crippen LogP contribution in [0.3, 0.4) is 0 Å². The van der Waals surface area contributed by atoms with Crippen molar-refractivity contribution in [3.05, 3.63) is 46.2 Å². The van der Waals surface area contributed by atoms with Crippen LogP contribution >= 0.6 is 15.9 Å². The lowest BCUT2D eigenvalue weighted by Crippen LogP contribution is -2.14. The van der Waals surface area contributed by atoms with E-state index in [0.29, 0.717) is 16.0 Å². The minimum Gasteiger partial charge on any atom is -0.495 e. The molecule has 1 heterocycles. The standard InChI is InChI=1S/C14H15BrN2O3S/c1-9-4-5-12(20-3)13(6-9)21(18,19)17-11-7-10(2)14(15)16-8-11/h4-8,17H,1-3H3. The van der Waals surface area contributed by atoms with Gasteiger partial charge in [0.05, 0.1) is 19.0 Å². The van der Waals surface area contributed by atoms with Crippen molar-refractivity contribution >= 4 is 31.6 Å². The molecule has 0 radical (unpaired) electrons. The average molecular weight is 371 g/mol. The summed E-state index contributed by atoms with van der Waals surface area (Å²) >= 11 is 3.28. The first-order chi connectivity index (χ1) is 9.83. The van der Waals surface area contributed by atoms with Gasteiger partial charge in [-0.15, -0.1) is 0 Å². The van der Waals surface area contributed by atoms with Gasteiger partial charge in [-0.1, -0.05) is 6.07 Å². The molecule has 2 rings (SSSR count). The van der Waals surface area contributed by atoms with Crippen LogP contribution in [0.1, 0.15) is 11.1 Å². The molecule has 2 aromatic rings. The van der Waals surface area contributed by atoms with Gasteiger partial charge in [0.1, 0.15) is 15.2 Å². The van der Waals surface area contributed by atoms with E-state index in [1.807, 2.05) is 13.8 Å². The van der Waals surface area contributed by atoms with Crippen LogP contribution in [0.5, 0.6) is 5.75 Å². The highest BCUT2D eigenvalue weighted by atomic mass is 79.9. The van der Waals surface area contributed by atoms with E-state index in [1.165, 1.54) is 13.3 Å². The van der Waals surface area contributed by atoms with Gasteiger partial charge in [-0.3, -0.25) is 4.72 Å². The van der Waals surface area contributed by atoms with Gasteiger partial charge < -0.3 is 4.74 Å². The third kappa shape index (κ3) is 3.54. The van der Waals surface area contributed by atoms with E-state index in [2.05, 4.69) is 25.6 Å². The number of ether oxygens (including phenoxy) is 1. The number of aromatic nitrogens is 1. The van der Waals surface area contributed by atoms with E-state index < -0.39 is 10.0 Å². The van der Waals surface area contributed by atoms with Crippen molar-refractivity contribution in [1.82, 2.24) is 4.98 Å². The first-order valence-corrected chi connectivity index (χ1v) is 8.40. The molecule has 0 amide bonds. The Morgan fingerprint density at radius 1 is 1.24 bits per heavy atom. The Morgan fingerprint density at radius 3 is 2.57 bits per heavy atom. The van der Waals surface area contributed by atoms with Crippen molar-refractivity contribution in [1.29, 1.82) is 0 Å². The molecule has 1 N–H and O–H groups in total. The molecule has 112 valence electrons. The lowest BCUT2D eigenvalue weighted by Gasteiger charge is -2.12. The molecule has 21 heavy (non-hydrogen) atoms. The second kappa shape index (κ2) is 6.03. The Labute approximate surface area is 132 Å². The maximum atomic E-state index is 12.5. The van der Waals surface area contributed by atoms with Gasteiger partial charge in [0, 0.05) is 0 Å². The first kappa shape index (κ1) is 15.8. The number of nitrogens with one attached hydrogen (secondary N) is 1. The van der Waals surface area contributed by atoms with Gasteiger partial charge in [-0.05, 0) is 59.1 Å². The van der Waals surface area contributed by atoms with Gasteiger partial charge in [0.25, 0.3) is 10.0 Å². The Morgan fingerprint density at radius 2 is 1.95 bits per heavy atom. The normalized spacial score (nSPS) is 11.2. The molecule has 1 aromatic carbocycles. The van der Waals surface area contributed by atoms with Crippen LogP contribution < -0.4 is 9.46 Å². The van der Waals surface area contributed by atoms with Gasteiger partial charge in [-0.25, -0.2) is 13.4 Å². The molecule has 1 aromatic heterocycles. The minimum atomic E-state index is -3.74. The highest BCUT2D eigenvalue weighted by molar-refractivity contribution is 9.10. The number of methoxy groups -OCH3 is 1. The zero-order chi connectivity index (χ0) is 15.6. The summed E-state index contributed by atoms with van der Waals surface area (Å²) in [4.78, 5) is 4.18. The molecule has 0 saturated heterocycles. The van der Waals surface area contributed by atoms with E-state index >= 15 is 0 Å². The molecular weight excluding hydrogens is 356 g/mol. The van der Waals surface area contributed by atoms with Crippen LogP contribution in [0.25, 0.3) is 0 Å². The Kier molecular flexibility index (Phi) is 4.53. The summed E-state index contributed by atoms with van der Waals surface area (Å²) in [7, 11) is -2.30. The number of hydrogen-bond acceptors (Lipinski definition) is 4. The Balaban J connectivity index is 2.42. The van der Waals surface area contributed by atoms with Crippen molar-refractivity contribution in [2.45, 2.75) is 18.7 Å². The lowest BCUT2D eigenvalue weighted by molar-refractivity contribution is 0.402. The third-order valence-electron chi connectivity index (χ3n) is 2.88. The molecule has 7 heteroatoms. The number of nitrogens with zero attached hydrogens (tertiary/aromatic N) is 1. The predicted octanol–water partition coefficient (Wildman–Crippen LogP) is 3.27. The maximum absolute atomic E-state index is 12.5. The number of rotatable bonds is 4. The van der Waals surface area contributed by atoms with Gasteiger partial charge in [0.15, 0.2) is 0 Å². The summed E-state index contributed by atoms with van der Waals surface area (Å²) in [5.41, 5.74) is 2.08. The molecule has 0 spiro atoms. The summed E-state index contributed by atoms with van der Waals surface area (Å²) in [5.74, 6) is 0.301. The van der Waals surface area contributed by atoms with Crippen LogP contribution in [-0.4, -0.2) is 20.5 Å². The fourth-order valence-electron chi connectivity index (χ4n) is 1.82. The van der Waals surface area contributed by atoms with Gasteiger partial charge in [-0.2, -0.15) is 0 Å². The van der Waals surface area contributed by atoms with Crippen LogP contribution in [0.2, 0.25) is 0 Å². The topological polar surface area (TPSA) is 68.3 Å². The molecule has 5 nitrogen and oxygen atoms in total. The fraction of sp³-hybridized carbons (Fsp3) is 0.214. The minimum absolute atomic E-state index is 0.102. The number of pyridine rings is 1. The molecular formula is C14H15BrN2O3S. The molecule has 0 bridgehead atoms. The molecule has 0 unspecified atom stereocenters. The SMILES string of the molecule is COc1ccc(C)cc1S(=O)(=O)Nc1cnc(Br)c(C)c1. The molecule has 0 saturated carbocycles. The summed E-state index contributed by atoms with van der Waals surface area (Å²) in [6.45, 7) is 3.66. The lowest BCUT2D eigenvalue weighted by atomic mass is 10.2. The monoisotopic (exact) mass is 370 g/mol. The average Bonchev–Trinajstić information content (AvgIpc) is 2.42. The quantitative estimate of drug-likeness (QED) is 0.838. The van der Waals surface area contributed by atoms with Crippen LogP contribution in [0.15, 0.2) is 40.0 Å². The van der Waals surface area contributed by atoms with E-state index in [1.54, 1.807) is 24.3 Å². The molecule has 0 aliphatic rings. The number of hydrogen-bond donors (Lipinski definition) is 1. The summed E-state index contributed by atoms with van der Waals surface area (Å²) < 4.78 is 33.3. The largest absolute Gasteiger partial charge is 0.495 e. The van der Waals surface area contributed by atoms with E-state index in [-0.39, 0.29) is 4.90 Å². The van der Waals surface area contributed by atoms with Crippen LogP contribution in [0.4, 0.5) is 5.69 Å². The van der Waals surface area contributed by atoms with E-state index in [4.69, 9.17) is 4.74 Å². The number of benzene rings is 1. The molecule has 0 fully saturated rings. The van der Waals surface area contributed by atoms with Crippen molar-refractivity contribution in [3.63, 3.8) is 0 Å². The van der Waals surface area contributed by atoms with E-state index in [0.717, 1.165) is 11.1 Å². The second-order valence-electron chi connectivity index (χ2n) is 4.59. The molecule has 0 atom stereocenters. The summed E-state index contributed by atoms with van der Waals surface area (Å²) in [5, 5.41) is 0. The molecule has 0 aliphatic carbocycles. The third-order valence-corrected chi connectivity index (χ3v) is 5.11. The number of halogens is 1. The van der Waals surface area contributed by atoms with Crippen molar-refractivity contribution in [3.8, 4) is 5.75 Å². The van der Waals surface area contributed by atoms with Crippen molar-refractivity contribution < 1.29 is 13.2 Å². The number of sulfonamides is 1. The number of anilines is 1. The Bertz CT molecular complexity index is 776. The Hall–Kier alpha value is -1.60. The fourth-order valence-corrected chi connectivity index (χ4v) is 3.32. The second-order valence-corrected chi connectivity index (χ2v) is 6.99. The van der Waals surface area contributed by atoms with E-state index in [9.17, 15) is 8.42 Å². The number of aryl methyl sites for hydroxylation is 2. The smallest absolute Gasteiger partial charge is 0.265 e. The van der Waals surface area contributed by atoms with Gasteiger partial charge in [0.2, 0.25) is 0 Å². The van der Waals surface area contributed by atoms with Crippen LogP contribution in [0, 0.1) is 13.8 Å². The maximum Gasteiger partial charge on any atom is 0.265 e.